The van der Waals surface area contributed by atoms with Crippen molar-refractivity contribution in [2.45, 2.75) is 44.6 Å². The molecule has 1 N–H and O–H groups in total. The lowest BCUT2D eigenvalue weighted by molar-refractivity contribution is 0.0901. The number of halogens is 2. The van der Waals surface area contributed by atoms with Crippen molar-refractivity contribution < 1.29 is 9.32 Å². The van der Waals surface area contributed by atoms with E-state index in [1.807, 2.05) is 0 Å². The van der Waals surface area contributed by atoms with Crippen molar-refractivity contribution in [1.82, 2.24) is 10.5 Å². The molecule has 1 aliphatic rings. The van der Waals surface area contributed by atoms with Gasteiger partial charge in [0.1, 0.15) is 22.6 Å². The smallest absolute Gasteiger partial charge is 0.258 e. The highest BCUT2D eigenvalue weighted by Crippen LogP contribution is 2.37. The third-order valence-corrected chi connectivity index (χ3v) is 5.19. The summed E-state index contributed by atoms with van der Waals surface area (Å²) >= 11 is 12.5. The van der Waals surface area contributed by atoms with Crippen molar-refractivity contribution in [3.05, 3.63) is 39.6 Å². The molecule has 1 fully saturated rings. The summed E-state index contributed by atoms with van der Waals surface area (Å²) in [5.74, 6) is -0.0411. The molecule has 3 rings (SSSR count). The Morgan fingerprint density at radius 3 is 2.52 bits per heavy atom. The molecule has 1 aromatic carbocycles. The number of aryl methyl sites for hydroxylation is 1. The summed E-state index contributed by atoms with van der Waals surface area (Å²) in [6, 6.07) is 7.34. The van der Waals surface area contributed by atoms with Crippen molar-refractivity contribution in [3.63, 3.8) is 0 Å². The fourth-order valence-corrected chi connectivity index (χ4v) is 3.81. The highest BCUT2D eigenvalue weighted by molar-refractivity contribution is 6.39. The lowest BCUT2D eigenvalue weighted by Crippen LogP contribution is -2.48. The number of nitrogens with zero attached hydrogens (tertiary/aromatic N) is 2. The minimum absolute atomic E-state index is 0.259. The number of hydrogen-bond acceptors (Lipinski definition) is 4. The van der Waals surface area contributed by atoms with Crippen LogP contribution in [0, 0.1) is 18.3 Å². The Morgan fingerprint density at radius 2 is 1.92 bits per heavy atom. The SMILES string of the molecule is Cc1onc(-c2c(Cl)cccc2Cl)c1C(=O)NC1(C#N)CCCCC1. The van der Waals surface area contributed by atoms with E-state index >= 15 is 0 Å². The summed E-state index contributed by atoms with van der Waals surface area (Å²) in [6.45, 7) is 1.65. The van der Waals surface area contributed by atoms with Gasteiger partial charge in [-0.15, -0.1) is 0 Å². The van der Waals surface area contributed by atoms with Crippen LogP contribution in [0.2, 0.25) is 10.0 Å². The molecule has 1 heterocycles. The zero-order valence-electron chi connectivity index (χ0n) is 13.7. The van der Waals surface area contributed by atoms with E-state index in [9.17, 15) is 10.1 Å². The van der Waals surface area contributed by atoms with Gasteiger partial charge in [0.05, 0.1) is 16.1 Å². The third kappa shape index (κ3) is 3.37. The molecule has 0 atom stereocenters. The molecule has 5 nitrogen and oxygen atoms in total. The maximum absolute atomic E-state index is 12.9. The second-order valence-electron chi connectivity index (χ2n) is 6.27. The van der Waals surface area contributed by atoms with Gasteiger partial charge in [-0.1, -0.05) is 53.7 Å². The van der Waals surface area contributed by atoms with Crippen molar-refractivity contribution in [1.29, 1.82) is 5.26 Å². The van der Waals surface area contributed by atoms with Gasteiger partial charge in [-0.3, -0.25) is 4.79 Å². The molecular formula is C18H17Cl2N3O2. The van der Waals surface area contributed by atoms with Crippen LogP contribution in [0.25, 0.3) is 11.3 Å². The Kier molecular flexibility index (Phi) is 5.03. The number of nitriles is 1. The first-order valence-electron chi connectivity index (χ1n) is 8.12. The molecule has 0 saturated heterocycles. The molecule has 0 bridgehead atoms. The van der Waals surface area contributed by atoms with Gasteiger partial charge in [0.25, 0.3) is 5.91 Å². The molecule has 0 unspecified atom stereocenters. The van der Waals surface area contributed by atoms with E-state index in [-0.39, 0.29) is 11.3 Å². The number of benzene rings is 1. The van der Waals surface area contributed by atoms with Gasteiger partial charge in [-0.05, 0) is 31.9 Å². The number of aromatic nitrogens is 1. The van der Waals surface area contributed by atoms with E-state index in [0.717, 1.165) is 19.3 Å². The number of amides is 1. The summed E-state index contributed by atoms with van der Waals surface area (Å²) in [6.07, 6.45) is 4.19. The Balaban J connectivity index is 2.00. The maximum Gasteiger partial charge on any atom is 0.258 e. The van der Waals surface area contributed by atoms with Gasteiger partial charge in [-0.25, -0.2) is 0 Å². The van der Waals surface area contributed by atoms with Crippen molar-refractivity contribution >= 4 is 29.1 Å². The van der Waals surface area contributed by atoms with Crippen LogP contribution in [-0.2, 0) is 0 Å². The van der Waals surface area contributed by atoms with E-state index in [1.165, 1.54) is 0 Å². The normalized spacial score (nSPS) is 16.2. The summed E-state index contributed by atoms with van der Waals surface area (Å²) in [5.41, 5.74) is 0.146. The zero-order valence-corrected chi connectivity index (χ0v) is 15.2. The molecular weight excluding hydrogens is 361 g/mol. The Hall–Kier alpha value is -2.03. The van der Waals surface area contributed by atoms with Crippen LogP contribution in [0.4, 0.5) is 0 Å². The van der Waals surface area contributed by atoms with Crippen molar-refractivity contribution in [2.75, 3.05) is 0 Å². The van der Waals surface area contributed by atoms with Crippen LogP contribution in [0.15, 0.2) is 22.7 Å². The fraction of sp³-hybridized carbons (Fsp3) is 0.389. The predicted octanol–water partition coefficient (Wildman–Crippen LogP) is 4.91. The van der Waals surface area contributed by atoms with Crippen LogP contribution in [0.3, 0.4) is 0 Å². The molecule has 130 valence electrons. The zero-order chi connectivity index (χ0) is 18.0. The molecule has 0 spiro atoms. The second kappa shape index (κ2) is 7.07. The minimum atomic E-state index is -0.847. The molecule has 2 aromatic rings. The summed E-state index contributed by atoms with van der Waals surface area (Å²) < 4.78 is 5.23. The third-order valence-electron chi connectivity index (χ3n) is 4.56. The average Bonchev–Trinajstić information content (AvgIpc) is 2.97. The molecule has 1 aromatic heterocycles. The Labute approximate surface area is 155 Å². The molecule has 1 saturated carbocycles. The molecule has 0 aliphatic heterocycles. The maximum atomic E-state index is 12.9. The Morgan fingerprint density at radius 1 is 1.28 bits per heavy atom. The van der Waals surface area contributed by atoms with Gasteiger partial charge in [0, 0.05) is 5.56 Å². The van der Waals surface area contributed by atoms with Crippen LogP contribution >= 0.6 is 23.2 Å². The summed E-state index contributed by atoms with van der Waals surface area (Å²) in [5, 5.41) is 17.2. The number of hydrogen-bond donors (Lipinski definition) is 1. The lowest BCUT2D eigenvalue weighted by Gasteiger charge is -2.31. The topological polar surface area (TPSA) is 78.9 Å². The van der Waals surface area contributed by atoms with Crippen molar-refractivity contribution in [2.24, 2.45) is 0 Å². The predicted molar refractivity (Wildman–Crippen MR) is 95.6 cm³/mol. The fourth-order valence-electron chi connectivity index (χ4n) is 3.23. The Bertz CT molecular complexity index is 828. The monoisotopic (exact) mass is 377 g/mol. The van der Waals surface area contributed by atoms with Crippen LogP contribution in [-0.4, -0.2) is 16.6 Å². The summed E-state index contributed by atoms with van der Waals surface area (Å²) in [4.78, 5) is 12.9. The number of rotatable bonds is 3. The van der Waals surface area contributed by atoms with E-state index < -0.39 is 11.4 Å². The lowest BCUT2D eigenvalue weighted by atomic mass is 9.82. The number of nitrogens with one attached hydrogen (secondary N) is 1. The van der Waals surface area contributed by atoms with Gasteiger partial charge in [0.15, 0.2) is 0 Å². The van der Waals surface area contributed by atoms with Gasteiger partial charge < -0.3 is 9.84 Å². The highest BCUT2D eigenvalue weighted by Gasteiger charge is 2.36. The first-order chi connectivity index (χ1) is 12.0. The van der Waals surface area contributed by atoms with E-state index in [0.29, 0.717) is 34.2 Å². The molecule has 1 aliphatic carbocycles. The molecule has 0 radical (unpaired) electrons. The van der Waals surface area contributed by atoms with Crippen LogP contribution < -0.4 is 5.32 Å². The average molecular weight is 378 g/mol. The largest absolute Gasteiger partial charge is 0.360 e. The second-order valence-corrected chi connectivity index (χ2v) is 7.08. The van der Waals surface area contributed by atoms with Crippen LogP contribution in [0.5, 0.6) is 0 Å². The quantitative estimate of drug-likeness (QED) is 0.823. The van der Waals surface area contributed by atoms with E-state index in [1.54, 1.807) is 25.1 Å². The summed E-state index contributed by atoms with van der Waals surface area (Å²) in [7, 11) is 0. The van der Waals surface area contributed by atoms with Gasteiger partial charge >= 0.3 is 0 Å². The first kappa shape index (κ1) is 17.8. The molecule has 1 amide bonds. The highest BCUT2D eigenvalue weighted by atomic mass is 35.5. The van der Waals surface area contributed by atoms with Gasteiger partial charge in [-0.2, -0.15) is 5.26 Å². The van der Waals surface area contributed by atoms with Crippen LogP contribution in [0.1, 0.15) is 48.2 Å². The minimum Gasteiger partial charge on any atom is -0.360 e. The molecule has 25 heavy (non-hydrogen) atoms. The number of carbonyl (C=O) groups is 1. The molecule has 7 heteroatoms. The van der Waals surface area contributed by atoms with E-state index in [4.69, 9.17) is 27.7 Å². The van der Waals surface area contributed by atoms with E-state index in [2.05, 4.69) is 16.5 Å². The first-order valence-corrected chi connectivity index (χ1v) is 8.87. The standard InChI is InChI=1S/C18H17Cl2N3O2/c1-11-14(17(24)22-18(10-21)8-3-2-4-9-18)16(23-25-11)15-12(19)6-5-7-13(15)20/h5-7H,2-4,8-9H2,1H3,(H,22,24). The van der Waals surface area contributed by atoms with Crippen molar-refractivity contribution in [3.8, 4) is 17.3 Å². The van der Waals surface area contributed by atoms with Gasteiger partial charge in [0.2, 0.25) is 0 Å². The number of carbonyl (C=O) groups excluding carboxylic acids is 1.